The first-order chi connectivity index (χ1) is 28.3. The average molecular weight is 760 g/mol. The third-order valence-corrected chi connectivity index (χ3v) is 17.7. The van der Waals surface area contributed by atoms with Crippen molar-refractivity contribution in [3.05, 3.63) is 200 Å². The lowest BCUT2D eigenvalue weighted by molar-refractivity contribution is 1.17. The van der Waals surface area contributed by atoms with Gasteiger partial charge in [0.2, 0.25) is 8.07 Å². The van der Waals surface area contributed by atoms with E-state index in [1.165, 1.54) is 63.1 Å². The summed E-state index contributed by atoms with van der Waals surface area (Å²) in [6.07, 6.45) is 0. The molecule has 3 nitrogen and oxygen atoms in total. The highest BCUT2D eigenvalue weighted by molar-refractivity contribution is 7.26. The van der Waals surface area contributed by atoms with Gasteiger partial charge in [-0.2, -0.15) is 0 Å². The van der Waals surface area contributed by atoms with Crippen molar-refractivity contribution in [3.63, 3.8) is 0 Å². The molecule has 0 amide bonds. The van der Waals surface area contributed by atoms with E-state index in [0.29, 0.717) is 0 Å². The lowest BCUT2D eigenvalue weighted by atomic mass is 10.0. The second kappa shape index (κ2) is 12.5. The molecule has 5 heteroatoms. The van der Waals surface area contributed by atoms with Crippen LogP contribution in [0.15, 0.2) is 200 Å². The lowest BCUT2D eigenvalue weighted by Gasteiger charge is -2.30. The number of hydrogen-bond donors (Lipinski definition) is 0. The summed E-state index contributed by atoms with van der Waals surface area (Å²) in [5.74, 6) is 0.735. The number of benzene rings is 8. The Morgan fingerprint density at radius 2 is 1.09 bits per heavy atom. The Balaban J connectivity index is 1.14. The van der Waals surface area contributed by atoms with Crippen LogP contribution in [0.4, 0.5) is 0 Å². The van der Waals surface area contributed by atoms with Gasteiger partial charge in [-0.05, 0) is 57.5 Å². The number of para-hydroxylation sites is 1. The minimum absolute atomic E-state index is 0.735. The maximum Gasteiger partial charge on any atom is 0.203 e. The van der Waals surface area contributed by atoms with Crippen LogP contribution in [0.5, 0.6) is 0 Å². The van der Waals surface area contributed by atoms with Crippen LogP contribution < -0.4 is 20.9 Å². The van der Waals surface area contributed by atoms with E-state index < -0.39 is 8.07 Å². The molecule has 8 aromatic carbocycles. The molecule has 0 spiro atoms. The molecule has 1 aliphatic rings. The molecule has 3 aromatic heterocycles. The van der Waals surface area contributed by atoms with Crippen molar-refractivity contribution in [2.45, 2.75) is 0 Å². The van der Waals surface area contributed by atoms with Gasteiger partial charge in [0.1, 0.15) is 0 Å². The Bertz CT molecular complexity index is 3310. The van der Waals surface area contributed by atoms with Gasteiger partial charge >= 0.3 is 0 Å². The van der Waals surface area contributed by atoms with E-state index in [0.717, 1.165) is 39.2 Å². The molecule has 0 atom stereocenters. The fraction of sp³-hybridized carbons (Fsp3) is 0. The van der Waals surface area contributed by atoms with Crippen LogP contribution in [0.3, 0.4) is 0 Å². The first-order valence-corrected chi connectivity index (χ1v) is 22.2. The maximum atomic E-state index is 5.79. The van der Waals surface area contributed by atoms with Crippen LogP contribution >= 0.6 is 11.3 Å². The van der Waals surface area contributed by atoms with Crippen LogP contribution in [0, 0.1) is 0 Å². The van der Waals surface area contributed by atoms with Gasteiger partial charge < -0.3 is 4.57 Å². The number of hydrogen-bond acceptors (Lipinski definition) is 3. The van der Waals surface area contributed by atoms with Crippen molar-refractivity contribution in [2.75, 3.05) is 0 Å². The van der Waals surface area contributed by atoms with Crippen molar-refractivity contribution < 1.29 is 0 Å². The van der Waals surface area contributed by atoms with E-state index in [-0.39, 0.29) is 0 Å². The average Bonchev–Trinajstić information content (AvgIpc) is 3.92. The third-order valence-electron chi connectivity index (χ3n) is 11.9. The summed E-state index contributed by atoms with van der Waals surface area (Å²) in [6.45, 7) is 0. The van der Waals surface area contributed by atoms with Crippen molar-refractivity contribution in [2.24, 2.45) is 0 Å². The molecule has 1 aliphatic heterocycles. The zero-order chi connectivity index (χ0) is 37.5. The summed E-state index contributed by atoms with van der Waals surface area (Å²) in [5.41, 5.74) is 8.88. The molecular weight excluding hydrogens is 727 g/mol. The zero-order valence-corrected chi connectivity index (χ0v) is 32.6. The van der Waals surface area contributed by atoms with Crippen LogP contribution in [0.25, 0.3) is 81.4 Å². The minimum Gasteiger partial charge on any atom is -0.309 e. The summed E-state index contributed by atoms with van der Waals surface area (Å²) in [4.78, 5) is 11.3. The fourth-order valence-electron chi connectivity index (χ4n) is 9.45. The molecule has 0 radical (unpaired) electrons. The molecule has 0 saturated carbocycles. The van der Waals surface area contributed by atoms with E-state index in [9.17, 15) is 0 Å². The van der Waals surface area contributed by atoms with Gasteiger partial charge in [0.15, 0.2) is 5.82 Å². The summed E-state index contributed by atoms with van der Waals surface area (Å²) in [7, 11) is -2.89. The summed E-state index contributed by atoms with van der Waals surface area (Å²) >= 11 is 1.86. The first-order valence-electron chi connectivity index (χ1n) is 19.4. The summed E-state index contributed by atoms with van der Waals surface area (Å²) in [6, 6.07) is 73.0. The quantitative estimate of drug-likeness (QED) is 0.164. The molecule has 4 heterocycles. The van der Waals surface area contributed by atoms with Crippen molar-refractivity contribution in [1.82, 2.24) is 14.5 Å². The third kappa shape index (κ3) is 4.70. The molecule has 0 N–H and O–H groups in total. The van der Waals surface area contributed by atoms with Gasteiger partial charge in [0.05, 0.1) is 22.0 Å². The Kier molecular flexibility index (Phi) is 7.12. The van der Waals surface area contributed by atoms with Crippen molar-refractivity contribution in [1.29, 1.82) is 0 Å². The van der Waals surface area contributed by atoms with E-state index >= 15 is 0 Å². The number of nitrogens with zero attached hydrogens (tertiary/aromatic N) is 3. The second-order valence-corrected chi connectivity index (χ2v) is 19.6. The summed E-state index contributed by atoms with van der Waals surface area (Å²) in [5, 5.41) is 10.3. The minimum atomic E-state index is -2.89. The number of thiophene rings is 1. The van der Waals surface area contributed by atoms with Gasteiger partial charge in [-0.25, -0.2) is 9.97 Å². The first kappa shape index (κ1) is 32.3. The van der Waals surface area contributed by atoms with Crippen LogP contribution in [0.2, 0.25) is 0 Å². The summed E-state index contributed by atoms with van der Waals surface area (Å²) < 4.78 is 5.03. The molecule has 266 valence electrons. The molecule has 11 aromatic rings. The normalized spacial score (nSPS) is 13.1. The highest BCUT2D eigenvalue weighted by Crippen LogP contribution is 2.41. The van der Waals surface area contributed by atoms with Crippen molar-refractivity contribution in [3.8, 4) is 39.5 Å². The fourth-order valence-corrected chi connectivity index (χ4v) is 15.6. The Morgan fingerprint density at radius 3 is 1.88 bits per heavy atom. The highest BCUT2D eigenvalue weighted by Gasteiger charge is 2.51. The predicted octanol–water partition coefficient (Wildman–Crippen LogP) is 10.6. The number of rotatable bonds is 5. The molecule has 12 rings (SSSR count). The number of aromatic nitrogens is 3. The SMILES string of the molecule is c1ccc(-c2nc(-c3cccc(-n4c5ccccc5c5cc6c(cc54)sc4ccccc46)c3)nc3c2-c2ccccc2[Si]3(c2ccccc2)c2ccccc2)cc1. The molecule has 0 saturated heterocycles. The van der Waals surface area contributed by atoms with E-state index in [4.69, 9.17) is 9.97 Å². The smallest absolute Gasteiger partial charge is 0.203 e. The van der Waals surface area contributed by atoms with Gasteiger partial charge in [-0.1, -0.05) is 164 Å². The molecular formula is C52H33N3SSi. The topological polar surface area (TPSA) is 30.7 Å². The maximum absolute atomic E-state index is 5.79. The van der Waals surface area contributed by atoms with E-state index in [1.54, 1.807) is 0 Å². The number of fused-ring (bicyclic) bond motifs is 9. The van der Waals surface area contributed by atoms with E-state index in [2.05, 4.69) is 205 Å². The predicted molar refractivity (Wildman–Crippen MR) is 243 cm³/mol. The monoisotopic (exact) mass is 759 g/mol. The standard InChI is InChI=1S/C52H33N3SSi/c1-4-17-34(18-5-1)50-49-41-27-12-15-30-48(41)57(37-21-6-2-7-22-37,38-23-8-3-9-24-38)52(49)54-51(53-50)35-19-16-20-36(31-35)55-44-28-13-10-25-39(44)42-32-43-40-26-11-14-29-46(40)56-47(43)33-45(42)55/h1-33H. The largest absolute Gasteiger partial charge is 0.309 e. The van der Waals surface area contributed by atoms with Gasteiger partial charge in [0, 0.05) is 53.3 Å². The zero-order valence-electron chi connectivity index (χ0n) is 30.8. The van der Waals surface area contributed by atoms with Gasteiger partial charge in [-0.3, -0.25) is 0 Å². The van der Waals surface area contributed by atoms with Crippen LogP contribution in [-0.4, -0.2) is 22.6 Å². The van der Waals surface area contributed by atoms with Crippen LogP contribution in [-0.2, 0) is 0 Å². The van der Waals surface area contributed by atoms with Gasteiger partial charge in [0.25, 0.3) is 0 Å². The van der Waals surface area contributed by atoms with Crippen LogP contribution in [0.1, 0.15) is 0 Å². The molecule has 0 unspecified atom stereocenters. The molecule has 0 bridgehead atoms. The molecule has 0 aliphatic carbocycles. The lowest BCUT2D eigenvalue weighted by Crippen LogP contribution is -2.73. The van der Waals surface area contributed by atoms with Gasteiger partial charge in [-0.15, -0.1) is 11.3 Å². The Labute approximate surface area is 334 Å². The molecule has 0 fully saturated rings. The Morgan fingerprint density at radius 1 is 0.439 bits per heavy atom. The molecule has 57 heavy (non-hydrogen) atoms. The second-order valence-electron chi connectivity index (χ2n) is 14.9. The Hall–Kier alpha value is -6.92. The van der Waals surface area contributed by atoms with E-state index in [1.807, 2.05) is 11.3 Å². The van der Waals surface area contributed by atoms with Crippen molar-refractivity contribution >= 4 is 82.3 Å². The highest BCUT2D eigenvalue weighted by atomic mass is 32.1.